The summed E-state index contributed by atoms with van der Waals surface area (Å²) in [6.45, 7) is 7.28. The van der Waals surface area contributed by atoms with Crippen molar-refractivity contribution in [2.45, 2.75) is 51.6 Å². The molecule has 1 aliphatic carbocycles. The molecule has 1 unspecified atom stereocenters. The van der Waals surface area contributed by atoms with Crippen molar-refractivity contribution in [1.82, 2.24) is 15.1 Å². The third-order valence-corrected chi connectivity index (χ3v) is 5.43. The molecule has 2 aliphatic rings. The Kier molecular flexibility index (Phi) is 5.78. The van der Waals surface area contributed by atoms with E-state index in [-0.39, 0.29) is 23.5 Å². The topological polar surface area (TPSA) is 65.8 Å². The number of nitrogens with zero attached hydrogens (tertiary/aromatic N) is 2. The van der Waals surface area contributed by atoms with Crippen LogP contribution in [0.4, 0.5) is 0 Å². The SMILES string of the molecule is CC(C)C(NC(=O)c1ccco1)C(=O)N1CCN(C2CCCC2)CC1. The van der Waals surface area contributed by atoms with Crippen molar-refractivity contribution in [3.05, 3.63) is 24.2 Å². The van der Waals surface area contributed by atoms with E-state index in [1.54, 1.807) is 12.1 Å². The largest absolute Gasteiger partial charge is 0.459 e. The minimum Gasteiger partial charge on any atom is -0.459 e. The van der Waals surface area contributed by atoms with E-state index in [0.29, 0.717) is 6.04 Å². The van der Waals surface area contributed by atoms with Gasteiger partial charge < -0.3 is 14.6 Å². The molecule has 2 heterocycles. The van der Waals surface area contributed by atoms with Gasteiger partial charge in [-0.25, -0.2) is 0 Å². The lowest BCUT2D eigenvalue weighted by Gasteiger charge is -2.39. The first-order chi connectivity index (χ1) is 12.1. The van der Waals surface area contributed by atoms with Crippen LogP contribution >= 0.6 is 0 Å². The van der Waals surface area contributed by atoms with Gasteiger partial charge in [0, 0.05) is 32.2 Å². The molecule has 2 amide bonds. The molecule has 25 heavy (non-hydrogen) atoms. The van der Waals surface area contributed by atoms with Gasteiger partial charge in [-0.1, -0.05) is 26.7 Å². The molecule has 0 aromatic carbocycles. The Hall–Kier alpha value is -1.82. The molecular weight excluding hydrogens is 318 g/mol. The number of hydrogen-bond acceptors (Lipinski definition) is 4. The first-order valence-electron chi connectivity index (χ1n) is 9.43. The third kappa shape index (κ3) is 4.24. The number of amides is 2. The van der Waals surface area contributed by atoms with Crippen LogP contribution < -0.4 is 5.32 Å². The summed E-state index contributed by atoms with van der Waals surface area (Å²) < 4.78 is 5.13. The molecule has 1 atom stereocenters. The summed E-state index contributed by atoms with van der Waals surface area (Å²) in [5.41, 5.74) is 0. The molecule has 1 aromatic rings. The lowest BCUT2D eigenvalue weighted by Crippen LogP contribution is -2.57. The van der Waals surface area contributed by atoms with E-state index in [1.165, 1.54) is 31.9 Å². The fourth-order valence-corrected chi connectivity index (χ4v) is 3.91. The van der Waals surface area contributed by atoms with Gasteiger partial charge in [0.1, 0.15) is 6.04 Å². The maximum absolute atomic E-state index is 12.9. The average Bonchev–Trinajstić information content (AvgIpc) is 3.32. The van der Waals surface area contributed by atoms with Crippen molar-refractivity contribution in [3.63, 3.8) is 0 Å². The Balaban J connectivity index is 1.56. The second kappa shape index (κ2) is 8.04. The summed E-state index contributed by atoms with van der Waals surface area (Å²) in [5, 5.41) is 2.84. The van der Waals surface area contributed by atoms with Gasteiger partial charge in [-0.05, 0) is 30.9 Å². The van der Waals surface area contributed by atoms with Gasteiger partial charge in [0.05, 0.1) is 6.26 Å². The Morgan fingerprint density at radius 2 is 1.84 bits per heavy atom. The molecule has 0 spiro atoms. The maximum atomic E-state index is 12.9. The molecule has 1 saturated carbocycles. The lowest BCUT2D eigenvalue weighted by atomic mass is 10.0. The van der Waals surface area contributed by atoms with E-state index in [0.717, 1.165) is 26.2 Å². The van der Waals surface area contributed by atoms with Crippen molar-refractivity contribution in [2.75, 3.05) is 26.2 Å². The minimum absolute atomic E-state index is 0.0148. The van der Waals surface area contributed by atoms with Crippen LogP contribution in [0.5, 0.6) is 0 Å². The highest BCUT2D eigenvalue weighted by molar-refractivity contribution is 5.95. The van der Waals surface area contributed by atoms with Crippen LogP contribution in [0, 0.1) is 5.92 Å². The van der Waals surface area contributed by atoms with E-state index in [2.05, 4.69) is 10.2 Å². The zero-order valence-corrected chi connectivity index (χ0v) is 15.2. The van der Waals surface area contributed by atoms with Crippen LogP contribution in [0.1, 0.15) is 50.1 Å². The Labute approximate surface area is 149 Å². The van der Waals surface area contributed by atoms with Gasteiger partial charge in [-0.2, -0.15) is 0 Å². The van der Waals surface area contributed by atoms with Crippen molar-refractivity contribution in [3.8, 4) is 0 Å². The van der Waals surface area contributed by atoms with E-state index < -0.39 is 6.04 Å². The second-order valence-corrected chi connectivity index (χ2v) is 7.47. The number of piperazine rings is 1. The fraction of sp³-hybridized carbons (Fsp3) is 0.684. The number of furan rings is 1. The van der Waals surface area contributed by atoms with Crippen LogP contribution in [-0.2, 0) is 4.79 Å². The molecule has 1 aliphatic heterocycles. The number of rotatable bonds is 5. The van der Waals surface area contributed by atoms with Crippen molar-refractivity contribution in [2.24, 2.45) is 5.92 Å². The molecule has 2 fully saturated rings. The predicted molar refractivity (Wildman–Crippen MR) is 95.2 cm³/mol. The van der Waals surface area contributed by atoms with E-state index >= 15 is 0 Å². The molecule has 3 rings (SSSR count). The first kappa shape index (κ1) is 18.0. The monoisotopic (exact) mass is 347 g/mol. The molecule has 6 heteroatoms. The Morgan fingerprint density at radius 3 is 2.40 bits per heavy atom. The number of hydrogen-bond donors (Lipinski definition) is 1. The number of nitrogens with one attached hydrogen (secondary N) is 1. The summed E-state index contributed by atoms with van der Waals surface area (Å²) in [6, 6.07) is 3.47. The molecule has 1 saturated heterocycles. The highest BCUT2D eigenvalue weighted by Gasteiger charge is 2.33. The van der Waals surface area contributed by atoms with E-state index in [9.17, 15) is 9.59 Å². The predicted octanol–water partition coefficient (Wildman–Crippen LogP) is 2.12. The zero-order chi connectivity index (χ0) is 17.8. The highest BCUT2D eigenvalue weighted by Crippen LogP contribution is 2.24. The van der Waals surface area contributed by atoms with Crippen molar-refractivity contribution in [1.29, 1.82) is 0 Å². The third-order valence-electron chi connectivity index (χ3n) is 5.43. The molecular formula is C19H29N3O3. The first-order valence-corrected chi connectivity index (χ1v) is 9.43. The quantitative estimate of drug-likeness (QED) is 0.886. The lowest BCUT2D eigenvalue weighted by molar-refractivity contribution is -0.136. The van der Waals surface area contributed by atoms with Gasteiger partial charge in [0.25, 0.3) is 5.91 Å². The van der Waals surface area contributed by atoms with Gasteiger partial charge in [0.2, 0.25) is 5.91 Å². The van der Waals surface area contributed by atoms with Crippen LogP contribution in [0.3, 0.4) is 0 Å². The highest BCUT2D eigenvalue weighted by atomic mass is 16.3. The van der Waals surface area contributed by atoms with Gasteiger partial charge in [-0.15, -0.1) is 0 Å². The van der Waals surface area contributed by atoms with Crippen LogP contribution in [-0.4, -0.2) is 59.9 Å². The standard InChI is InChI=1S/C19H29N3O3/c1-14(2)17(20-18(23)16-8-5-13-25-16)19(24)22-11-9-21(10-12-22)15-6-3-4-7-15/h5,8,13-15,17H,3-4,6-7,9-12H2,1-2H3,(H,20,23). The molecule has 138 valence electrons. The van der Waals surface area contributed by atoms with Crippen molar-refractivity contribution >= 4 is 11.8 Å². The molecule has 0 radical (unpaired) electrons. The maximum Gasteiger partial charge on any atom is 0.287 e. The van der Waals surface area contributed by atoms with Crippen LogP contribution in [0.25, 0.3) is 0 Å². The summed E-state index contributed by atoms with van der Waals surface area (Å²) in [4.78, 5) is 29.6. The average molecular weight is 347 g/mol. The zero-order valence-electron chi connectivity index (χ0n) is 15.2. The summed E-state index contributed by atoms with van der Waals surface area (Å²) >= 11 is 0. The minimum atomic E-state index is -0.518. The fourth-order valence-electron chi connectivity index (χ4n) is 3.91. The summed E-state index contributed by atoms with van der Waals surface area (Å²) in [5.74, 6) is -0.0496. The van der Waals surface area contributed by atoms with Gasteiger partial charge in [0.15, 0.2) is 5.76 Å². The number of carbonyl (C=O) groups excluding carboxylic acids is 2. The van der Waals surface area contributed by atoms with Crippen molar-refractivity contribution < 1.29 is 14.0 Å². The summed E-state index contributed by atoms with van der Waals surface area (Å²) in [7, 11) is 0. The van der Waals surface area contributed by atoms with Gasteiger partial charge >= 0.3 is 0 Å². The Bertz CT molecular complexity index is 571. The molecule has 1 aromatic heterocycles. The summed E-state index contributed by atoms with van der Waals surface area (Å²) in [6.07, 6.45) is 6.71. The molecule has 0 bridgehead atoms. The number of carbonyl (C=O) groups is 2. The Morgan fingerprint density at radius 1 is 1.16 bits per heavy atom. The van der Waals surface area contributed by atoms with Crippen LogP contribution in [0.2, 0.25) is 0 Å². The van der Waals surface area contributed by atoms with E-state index in [1.807, 2.05) is 18.7 Å². The van der Waals surface area contributed by atoms with Gasteiger partial charge in [-0.3, -0.25) is 14.5 Å². The second-order valence-electron chi connectivity index (χ2n) is 7.47. The normalized spacial score (nSPS) is 20.8. The smallest absolute Gasteiger partial charge is 0.287 e. The van der Waals surface area contributed by atoms with E-state index in [4.69, 9.17) is 4.42 Å². The molecule has 6 nitrogen and oxygen atoms in total. The van der Waals surface area contributed by atoms with Crippen LogP contribution in [0.15, 0.2) is 22.8 Å². The molecule has 1 N–H and O–H groups in total.